The Kier molecular flexibility index (Phi) is 8.56. The van der Waals surface area contributed by atoms with E-state index < -0.39 is 10.1 Å². The van der Waals surface area contributed by atoms with Crippen LogP contribution in [0.5, 0.6) is 17.2 Å². The Morgan fingerprint density at radius 2 is 1.68 bits per heavy atom. The number of benzene rings is 2. The molecular weight excluding hydrogens is 420 g/mol. The number of nitrogens with one attached hydrogen (secondary N) is 1. The Morgan fingerprint density at radius 1 is 1.03 bits per heavy atom. The molecule has 0 bridgehead atoms. The largest absolute Gasteiger partial charge is 0.497 e. The summed E-state index contributed by atoms with van der Waals surface area (Å²) in [7, 11) is -0.542. The smallest absolute Gasteiger partial charge is 0.322 e. The number of amides is 2. The summed E-state index contributed by atoms with van der Waals surface area (Å²) in [5, 5.41) is 2.88. The van der Waals surface area contributed by atoms with E-state index in [1.54, 1.807) is 55.5 Å². The average molecular weight is 451 g/mol. The van der Waals surface area contributed by atoms with Crippen LogP contribution in [0.2, 0.25) is 0 Å². The van der Waals surface area contributed by atoms with Gasteiger partial charge >= 0.3 is 16.1 Å². The Labute approximate surface area is 184 Å². The molecule has 0 fully saturated rings. The fraction of sp³-hybridized carbons (Fsp3) is 0.409. The van der Waals surface area contributed by atoms with Crippen LogP contribution in [0, 0.1) is 5.92 Å². The molecule has 0 heterocycles. The number of hydrogen-bond donors (Lipinski definition) is 1. The lowest BCUT2D eigenvalue weighted by Gasteiger charge is -2.25. The lowest BCUT2D eigenvalue weighted by molar-refractivity contribution is 0.201. The van der Waals surface area contributed by atoms with Gasteiger partial charge in [0.25, 0.3) is 0 Å². The summed E-state index contributed by atoms with van der Waals surface area (Å²) in [6.07, 6.45) is 0. The third-order valence-corrected chi connectivity index (χ3v) is 5.48. The van der Waals surface area contributed by atoms with Crippen LogP contribution in [0.15, 0.2) is 42.5 Å². The van der Waals surface area contributed by atoms with E-state index in [0.717, 1.165) is 5.56 Å². The standard InChI is InChI=1S/C22H30N2O6S/c1-6-31(26,27)30-19-9-7-8-17(10-19)15-24(14-16(2)3)22(25)23-18-11-20(28-4)13-21(12-18)29-5/h7-13,16H,6,14-15H2,1-5H3,(H,23,25). The number of anilines is 1. The lowest BCUT2D eigenvalue weighted by Crippen LogP contribution is -2.37. The van der Waals surface area contributed by atoms with Gasteiger partial charge in [-0.05, 0) is 30.5 Å². The summed E-state index contributed by atoms with van der Waals surface area (Å²) in [4.78, 5) is 14.7. The minimum Gasteiger partial charge on any atom is -0.497 e. The van der Waals surface area contributed by atoms with Gasteiger partial charge in [0.15, 0.2) is 0 Å². The highest BCUT2D eigenvalue weighted by Crippen LogP contribution is 2.26. The van der Waals surface area contributed by atoms with E-state index in [1.165, 1.54) is 6.92 Å². The van der Waals surface area contributed by atoms with Crippen LogP contribution in [0.4, 0.5) is 10.5 Å². The third-order valence-electron chi connectivity index (χ3n) is 4.32. The van der Waals surface area contributed by atoms with Crippen LogP contribution in [0.25, 0.3) is 0 Å². The van der Waals surface area contributed by atoms with Crippen molar-refractivity contribution in [2.24, 2.45) is 5.92 Å². The van der Waals surface area contributed by atoms with Gasteiger partial charge in [-0.3, -0.25) is 0 Å². The topological polar surface area (TPSA) is 94.2 Å². The second-order valence-corrected chi connectivity index (χ2v) is 9.24. The van der Waals surface area contributed by atoms with Crippen molar-refractivity contribution in [3.63, 3.8) is 0 Å². The summed E-state index contributed by atoms with van der Waals surface area (Å²) >= 11 is 0. The van der Waals surface area contributed by atoms with Gasteiger partial charge < -0.3 is 23.9 Å². The molecule has 0 radical (unpaired) electrons. The Bertz CT molecular complexity index is 969. The highest BCUT2D eigenvalue weighted by molar-refractivity contribution is 7.87. The van der Waals surface area contributed by atoms with Crippen LogP contribution in [-0.4, -0.2) is 45.9 Å². The maximum Gasteiger partial charge on any atom is 0.322 e. The van der Waals surface area contributed by atoms with E-state index in [2.05, 4.69) is 5.32 Å². The van der Waals surface area contributed by atoms with Crippen molar-refractivity contribution in [2.45, 2.75) is 27.3 Å². The number of urea groups is 1. The summed E-state index contributed by atoms with van der Waals surface area (Å²) in [6, 6.07) is 11.6. The number of carbonyl (C=O) groups excluding carboxylic acids is 1. The molecule has 0 aliphatic rings. The average Bonchev–Trinajstić information content (AvgIpc) is 2.72. The molecule has 8 nitrogen and oxygen atoms in total. The van der Waals surface area contributed by atoms with Crippen molar-refractivity contribution >= 4 is 21.8 Å². The molecule has 2 aromatic carbocycles. The molecule has 0 saturated carbocycles. The zero-order chi connectivity index (χ0) is 23.0. The number of carbonyl (C=O) groups is 1. The third kappa shape index (κ3) is 7.67. The monoisotopic (exact) mass is 450 g/mol. The summed E-state index contributed by atoms with van der Waals surface area (Å²) < 4.78 is 39.1. The van der Waals surface area contributed by atoms with Crippen molar-refractivity contribution < 1.29 is 26.9 Å². The summed E-state index contributed by atoms with van der Waals surface area (Å²) in [6.45, 7) is 6.34. The van der Waals surface area contributed by atoms with Crippen LogP contribution < -0.4 is 19.0 Å². The second kappa shape index (κ2) is 10.9. The molecule has 0 aliphatic carbocycles. The van der Waals surface area contributed by atoms with Gasteiger partial charge in [-0.1, -0.05) is 26.0 Å². The molecule has 2 aromatic rings. The van der Waals surface area contributed by atoms with E-state index in [9.17, 15) is 13.2 Å². The van der Waals surface area contributed by atoms with E-state index in [4.69, 9.17) is 13.7 Å². The lowest BCUT2D eigenvalue weighted by atomic mass is 10.1. The van der Waals surface area contributed by atoms with Crippen molar-refractivity contribution in [1.82, 2.24) is 4.90 Å². The summed E-state index contributed by atoms with van der Waals surface area (Å²) in [5.74, 6) is 1.45. The van der Waals surface area contributed by atoms with E-state index in [1.807, 2.05) is 19.9 Å². The van der Waals surface area contributed by atoms with Gasteiger partial charge in [0.1, 0.15) is 17.2 Å². The predicted molar refractivity (Wildman–Crippen MR) is 120 cm³/mol. The van der Waals surface area contributed by atoms with Crippen LogP contribution in [-0.2, 0) is 16.7 Å². The molecule has 0 aromatic heterocycles. The number of hydrogen-bond acceptors (Lipinski definition) is 6. The Hall–Kier alpha value is -2.94. The Balaban J connectivity index is 2.21. The van der Waals surface area contributed by atoms with Crippen LogP contribution >= 0.6 is 0 Å². The molecule has 170 valence electrons. The molecule has 0 spiro atoms. The molecule has 31 heavy (non-hydrogen) atoms. The first-order chi connectivity index (χ1) is 14.7. The van der Waals surface area contributed by atoms with Gasteiger partial charge in [0.05, 0.1) is 20.0 Å². The van der Waals surface area contributed by atoms with Gasteiger partial charge in [-0.25, -0.2) is 4.79 Å². The molecule has 9 heteroatoms. The maximum atomic E-state index is 13.0. The molecule has 0 unspecified atom stereocenters. The molecule has 2 amide bonds. The number of ether oxygens (including phenoxy) is 2. The van der Waals surface area contributed by atoms with Crippen molar-refractivity contribution in [2.75, 3.05) is 31.8 Å². The molecule has 0 atom stereocenters. The van der Waals surface area contributed by atoms with Gasteiger partial charge in [-0.2, -0.15) is 8.42 Å². The predicted octanol–water partition coefficient (Wildman–Crippen LogP) is 4.12. The first kappa shape index (κ1) is 24.3. The number of methoxy groups -OCH3 is 2. The molecular formula is C22H30N2O6S. The summed E-state index contributed by atoms with van der Waals surface area (Å²) in [5.41, 5.74) is 1.30. The second-order valence-electron chi connectivity index (χ2n) is 7.38. The molecule has 0 aliphatic heterocycles. The first-order valence-corrected chi connectivity index (χ1v) is 11.5. The van der Waals surface area contributed by atoms with E-state index in [-0.39, 0.29) is 30.0 Å². The quantitative estimate of drug-likeness (QED) is 0.547. The van der Waals surface area contributed by atoms with Crippen LogP contribution in [0.1, 0.15) is 26.3 Å². The minimum absolute atomic E-state index is 0.122. The SMILES string of the molecule is CCS(=O)(=O)Oc1cccc(CN(CC(C)C)C(=O)Nc2cc(OC)cc(OC)c2)c1. The highest BCUT2D eigenvalue weighted by atomic mass is 32.2. The molecule has 2 rings (SSSR count). The van der Waals surface area contributed by atoms with Crippen molar-refractivity contribution in [3.05, 3.63) is 48.0 Å². The normalized spacial score (nSPS) is 11.2. The fourth-order valence-corrected chi connectivity index (χ4v) is 3.38. The zero-order valence-electron chi connectivity index (χ0n) is 18.5. The number of rotatable bonds is 10. The van der Waals surface area contributed by atoms with Gasteiger partial charge in [0.2, 0.25) is 0 Å². The highest BCUT2D eigenvalue weighted by Gasteiger charge is 2.18. The van der Waals surface area contributed by atoms with Gasteiger partial charge in [0, 0.05) is 37.0 Å². The first-order valence-electron chi connectivity index (χ1n) is 9.95. The van der Waals surface area contributed by atoms with Crippen molar-refractivity contribution in [1.29, 1.82) is 0 Å². The number of nitrogens with zero attached hydrogens (tertiary/aromatic N) is 1. The Morgan fingerprint density at radius 3 is 2.23 bits per heavy atom. The van der Waals surface area contributed by atoms with E-state index >= 15 is 0 Å². The fourth-order valence-electron chi connectivity index (χ4n) is 2.86. The van der Waals surface area contributed by atoms with E-state index in [0.29, 0.717) is 23.7 Å². The maximum absolute atomic E-state index is 13.0. The molecule has 0 saturated heterocycles. The van der Waals surface area contributed by atoms with Crippen LogP contribution in [0.3, 0.4) is 0 Å². The zero-order valence-corrected chi connectivity index (χ0v) is 19.4. The van der Waals surface area contributed by atoms with Gasteiger partial charge in [-0.15, -0.1) is 0 Å². The van der Waals surface area contributed by atoms with Crippen molar-refractivity contribution in [3.8, 4) is 17.2 Å². The minimum atomic E-state index is -3.62. The molecule has 1 N–H and O–H groups in total.